The van der Waals surface area contributed by atoms with Gasteiger partial charge in [0.2, 0.25) is 0 Å². The molecule has 1 N–H and O–H groups in total. The summed E-state index contributed by atoms with van der Waals surface area (Å²) >= 11 is 0. The van der Waals surface area contributed by atoms with E-state index in [-0.39, 0.29) is 5.41 Å². The highest BCUT2D eigenvalue weighted by Gasteiger charge is 2.50. The molecule has 2 atom stereocenters. The SMILES string of the molecule is CC1CCC(C(=O)O)(C2CCCC2)C1. The van der Waals surface area contributed by atoms with Crippen LogP contribution in [-0.4, -0.2) is 11.1 Å². The first-order valence-electron chi connectivity index (χ1n) is 5.88. The van der Waals surface area contributed by atoms with Crippen LogP contribution in [0.5, 0.6) is 0 Å². The number of hydrogen-bond donors (Lipinski definition) is 1. The molecule has 2 nitrogen and oxygen atoms in total. The maximum atomic E-state index is 11.5. The van der Waals surface area contributed by atoms with Crippen molar-refractivity contribution in [1.29, 1.82) is 0 Å². The smallest absolute Gasteiger partial charge is 0.309 e. The van der Waals surface area contributed by atoms with Gasteiger partial charge in [-0.2, -0.15) is 0 Å². The number of carbonyl (C=O) groups is 1. The van der Waals surface area contributed by atoms with Crippen molar-refractivity contribution in [3.63, 3.8) is 0 Å². The van der Waals surface area contributed by atoms with Crippen LogP contribution in [-0.2, 0) is 4.79 Å². The van der Waals surface area contributed by atoms with E-state index < -0.39 is 5.97 Å². The summed E-state index contributed by atoms with van der Waals surface area (Å²) in [4.78, 5) is 11.5. The highest BCUT2D eigenvalue weighted by molar-refractivity contribution is 5.75. The van der Waals surface area contributed by atoms with Crippen molar-refractivity contribution in [2.75, 3.05) is 0 Å². The quantitative estimate of drug-likeness (QED) is 0.737. The molecule has 80 valence electrons. The molecule has 14 heavy (non-hydrogen) atoms. The maximum absolute atomic E-state index is 11.5. The summed E-state index contributed by atoms with van der Waals surface area (Å²) in [5, 5.41) is 9.44. The van der Waals surface area contributed by atoms with E-state index in [1.165, 1.54) is 12.8 Å². The van der Waals surface area contributed by atoms with E-state index in [1.54, 1.807) is 0 Å². The monoisotopic (exact) mass is 196 g/mol. The van der Waals surface area contributed by atoms with Crippen molar-refractivity contribution >= 4 is 5.97 Å². The molecule has 0 heterocycles. The Hall–Kier alpha value is -0.530. The van der Waals surface area contributed by atoms with Crippen molar-refractivity contribution in [2.45, 2.75) is 51.9 Å². The van der Waals surface area contributed by atoms with Gasteiger partial charge in [-0.3, -0.25) is 4.79 Å². The molecule has 2 aliphatic carbocycles. The lowest BCUT2D eigenvalue weighted by Crippen LogP contribution is -2.35. The summed E-state index contributed by atoms with van der Waals surface area (Å²) in [5.74, 6) is 0.574. The summed E-state index contributed by atoms with van der Waals surface area (Å²) in [6.45, 7) is 2.19. The Balaban J connectivity index is 2.17. The summed E-state index contributed by atoms with van der Waals surface area (Å²) in [6.07, 6.45) is 7.75. The van der Waals surface area contributed by atoms with Crippen LogP contribution in [0.1, 0.15) is 51.9 Å². The number of carboxylic acids is 1. The van der Waals surface area contributed by atoms with Gasteiger partial charge in [0.25, 0.3) is 0 Å². The minimum absolute atomic E-state index is 0.337. The van der Waals surface area contributed by atoms with E-state index in [1.807, 2.05) is 0 Å². The van der Waals surface area contributed by atoms with Crippen molar-refractivity contribution in [3.05, 3.63) is 0 Å². The van der Waals surface area contributed by atoms with Gasteiger partial charge in [0.15, 0.2) is 0 Å². The van der Waals surface area contributed by atoms with Gasteiger partial charge >= 0.3 is 5.97 Å². The van der Waals surface area contributed by atoms with Gasteiger partial charge in [0.1, 0.15) is 0 Å². The molecule has 0 bridgehead atoms. The molecule has 0 radical (unpaired) electrons. The van der Waals surface area contributed by atoms with Gasteiger partial charge in [0, 0.05) is 0 Å². The molecule has 0 amide bonds. The third kappa shape index (κ3) is 1.45. The van der Waals surface area contributed by atoms with Gasteiger partial charge in [-0.1, -0.05) is 19.8 Å². The van der Waals surface area contributed by atoms with Crippen molar-refractivity contribution in [2.24, 2.45) is 17.3 Å². The average Bonchev–Trinajstić information content (AvgIpc) is 2.71. The van der Waals surface area contributed by atoms with E-state index in [2.05, 4.69) is 6.92 Å². The molecule has 0 spiro atoms. The molecule has 0 aromatic carbocycles. The predicted molar refractivity (Wildman–Crippen MR) is 55.0 cm³/mol. The zero-order chi connectivity index (χ0) is 10.2. The first kappa shape index (κ1) is 10.0. The van der Waals surface area contributed by atoms with E-state index in [0.29, 0.717) is 11.8 Å². The highest BCUT2D eigenvalue weighted by atomic mass is 16.4. The van der Waals surface area contributed by atoms with E-state index >= 15 is 0 Å². The number of carboxylic acid groups (broad SMARTS) is 1. The third-order valence-electron chi connectivity index (χ3n) is 4.36. The maximum Gasteiger partial charge on any atom is 0.309 e. The Morgan fingerprint density at radius 3 is 2.36 bits per heavy atom. The molecule has 2 fully saturated rings. The lowest BCUT2D eigenvalue weighted by molar-refractivity contribution is -0.152. The second kappa shape index (κ2) is 3.56. The van der Waals surface area contributed by atoms with Gasteiger partial charge in [-0.25, -0.2) is 0 Å². The summed E-state index contributed by atoms with van der Waals surface area (Å²) in [7, 11) is 0. The minimum Gasteiger partial charge on any atom is -0.481 e. The second-order valence-electron chi connectivity index (χ2n) is 5.29. The highest BCUT2D eigenvalue weighted by Crippen LogP contribution is 2.52. The van der Waals surface area contributed by atoms with Gasteiger partial charge < -0.3 is 5.11 Å². The fraction of sp³-hybridized carbons (Fsp3) is 0.917. The molecule has 2 heteroatoms. The molecule has 0 aliphatic heterocycles. The van der Waals surface area contributed by atoms with Crippen LogP contribution < -0.4 is 0 Å². The first-order chi connectivity index (χ1) is 6.65. The van der Waals surface area contributed by atoms with Crippen LogP contribution >= 0.6 is 0 Å². The summed E-state index contributed by atoms with van der Waals surface area (Å²) in [5.41, 5.74) is -0.337. The Morgan fingerprint density at radius 1 is 1.29 bits per heavy atom. The van der Waals surface area contributed by atoms with Crippen LogP contribution in [0.3, 0.4) is 0 Å². The van der Waals surface area contributed by atoms with E-state index in [0.717, 1.165) is 32.1 Å². The lowest BCUT2D eigenvalue weighted by atomic mass is 9.72. The predicted octanol–water partition coefficient (Wildman–Crippen LogP) is 3.07. The van der Waals surface area contributed by atoms with Crippen LogP contribution in [0.15, 0.2) is 0 Å². The second-order valence-corrected chi connectivity index (χ2v) is 5.29. The Morgan fingerprint density at radius 2 is 1.93 bits per heavy atom. The molecule has 2 rings (SSSR count). The molecule has 0 aromatic rings. The van der Waals surface area contributed by atoms with Crippen LogP contribution in [0, 0.1) is 17.3 Å². The standard InChI is InChI=1S/C12H20O2/c1-9-6-7-12(8-9,11(13)14)10-4-2-3-5-10/h9-10H,2-8H2,1H3,(H,13,14). The lowest BCUT2D eigenvalue weighted by Gasteiger charge is -2.31. The van der Waals surface area contributed by atoms with Gasteiger partial charge in [-0.05, 0) is 43.9 Å². The van der Waals surface area contributed by atoms with Crippen molar-refractivity contribution in [3.8, 4) is 0 Å². The topological polar surface area (TPSA) is 37.3 Å². The van der Waals surface area contributed by atoms with Gasteiger partial charge in [0.05, 0.1) is 5.41 Å². The van der Waals surface area contributed by atoms with Crippen LogP contribution in [0.4, 0.5) is 0 Å². The van der Waals surface area contributed by atoms with Crippen LogP contribution in [0.2, 0.25) is 0 Å². The number of rotatable bonds is 2. The Bertz CT molecular complexity index is 230. The fourth-order valence-electron chi connectivity index (χ4n) is 3.55. The van der Waals surface area contributed by atoms with Crippen molar-refractivity contribution in [1.82, 2.24) is 0 Å². The molecule has 0 aromatic heterocycles. The Kier molecular flexibility index (Phi) is 2.54. The minimum atomic E-state index is -0.520. The molecule has 2 aliphatic rings. The van der Waals surface area contributed by atoms with E-state index in [9.17, 15) is 9.90 Å². The molecule has 0 saturated heterocycles. The normalized spacial score (nSPS) is 39.1. The zero-order valence-electron chi connectivity index (χ0n) is 8.96. The Labute approximate surface area is 85.7 Å². The summed E-state index contributed by atoms with van der Waals surface area (Å²) in [6, 6.07) is 0. The van der Waals surface area contributed by atoms with Crippen molar-refractivity contribution < 1.29 is 9.90 Å². The molecule has 2 unspecified atom stereocenters. The van der Waals surface area contributed by atoms with Crippen LogP contribution in [0.25, 0.3) is 0 Å². The largest absolute Gasteiger partial charge is 0.481 e. The fourth-order valence-corrected chi connectivity index (χ4v) is 3.55. The number of hydrogen-bond acceptors (Lipinski definition) is 1. The summed E-state index contributed by atoms with van der Waals surface area (Å²) < 4.78 is 0. The number of aliphatic carboxylic acids is 1. The average molecular weight is 196 g/mol. The van der Waals surface area contributed by atoms with Gasteiger partial charge in [-0.15, -0.1) is 0 Å². The van der Waals surface area contributed by atoms with E-state index in [4.69, 9.17) is 0 Å². The first-order valence-corrected chi connectivity index (χ1v) is 5.88. The molecular weight excluding hydrogens is 176 g/mol. The zero-order valence-corrected chi connectivity index (χ0v) is 8.96. The third-order valence-corrected chi connectivity index (χ3v) is 4.36. The molecule has 2 saturated carbocycles. The molecular formula is C12H20O2.